The molecule has 6 N–H and O–H groups in total. The molecule has 0 saturated carbocycles. The number of nitrogens with zero attached hydrogens (tertiary/aromatic N) is 5. The fourth-order valence-corrected chi connectivity index (χ4v) is 11.0. The number of ether oxygens (including phenoxy) is 4. The number of anilines is 3. The summed E-state index contributed by atoms with van der Waals surface area (Å²) in [5.41, 5.74) is 5.30. The van der Waals surface area contributed by atoms with E-state index in [9.17, 15) is 24.6 Å². The first kappa shape index (κ1) is 57.6. The van der Waals surface area contributed by atoms with Gasteiger partial charge in [0.05, 0.1) is 66.3 Å². The van der Waals surface area contributed by atoms with E-state index in [1.54, 1.807) is 35.6 Å². The number of likely N-dealkylation sites (tertiary alicyclic amines) is 1. The van der Waals surface area contributed by atoms with Gasteiger partial charge in [-0.3, -0.25) is 14.4 Å². The summed E-state index contributed by atoms with van der Waals surface area (Å²) in [5, 5.41) is 35.8. The van der Waals surface area contributed by atoms with E-state index in [1.807, 2.05) is 101 Å². The normalized spacial score (nSPS) is 16.4. The van der Waals surface area contributed by atoms with Gasteiger partial charge >= 0.3 is 0 Å². The van der Waals surface area contributed by atoms with E-state index in [4.69, 9.17) is 35.5 Å². The average Bonchev–Trinajstić information content (AvgIpc) is 4.09. The molecule has 9 rings (SSSR count). The van der Waals surface area contributed by atoms with Gasteiger partial charge in [0.2, 0.25) is 23.7 Å². The number of aryl methyl sites for hydroxylation is 1. The van der Waals surface area contributed by atoms with Crippen molar-refractivity contribution >= 4 is 79.8 Å². The number of β-amino-alcohol motifs (C(OH)–C–C–N with tert-alkyl or cyclic N) is 1. The van der Waals surface area contributed by atoms with Gasteiger partial charge < -0.3 is 60.2 Å². The molecule has 0 unspecified atom stereocenters. The summed E-state index contributed by atoms with van der Waals surface area (Å²) < 4.78 is 39.7. The second-order valence-corrected chi connectivity index (χ2v) is 22.2. The van der Waals surface area contributed by atoms with Crippen molar-refractivity contribution in [1.82, 2.24) is 35.8 Å². The largest absolute Gasteiger partial charge is 0.508 e. The molecule has 0 aliphatic carbocycles. The van der Waals surface area contributed by atoms with Crippen LogP contribution in [0.25, 0.3) is 43.2 Å². The summed E-state index contributed by atoms with van der Waals surface area (Å²) in [6.07, 6.45) is -0.821. The number of thiazole rings is 1. The predicted octanol–water partition coefficient (Wildman–Crippen LogP) is 8.33. The fourth-order valence-electron chi connectivity index (χ4n) is 9.91. The van der Waals surface area contributed by atoms with Crippen LogP contribution in [0.1, 0.15) is 51.4 Å². The molecule has 422 valence electrons. The van der Waals surface area contributed by atoms with Gasteiger partial charge in [-0.25, -0.2) is 14.4 Å². The number of rotatable bonds is 22. The van der Waals surface area contributed by atoms with Gasteiger partial charge in [-0.1, -0.05) is 80.9 Å². The van der Waals surface area contributed by atoms with Crippen molar-refractivity contribution in [2.45, 2.75) is 65.3 Å². The van der Waals surface area contributed by atoms with Crippen LogP contribution in [0.3, 0.4) is 0 Å². The molecular weight excluding hydrogens is 1070 g/mol. The van der Waals surface area contributed by atoms with E-state index >= 15 is 4.39 Å². The van der Waals surface area contributed by atoms with Crippen molar-refractivity contribution in [3.05, 3.63) is 119 Å². The second kappa shape index (κ2) is 26.0. The van der Waals surface area contributed by atoms with Crippen molar-refractivity contribution in [1.29, 1.82) is 0 Å². The molecule has 4 heterocycles. The summed E-state index contributed by atoms with van der Waals surface area (Å²) in [6, 6.07) is 25.1. The van der Waals surface area contributed by atoms with Gasteiger partial charge in [0.25, 0.3) is 0 Å². The Morgan fingerprint density at radius 3 is 2.29 bits per heavy atom. The molecule has 2 saturated heterocycles. The molecule has 2 aliphatic rings. The minimum absolute atomic E-state index is 0.00910. The highest BCUT2D eigenvalue weighted by Gasteiger charge is 2.45. The Labute approximate surface area is 473 Å². The molecule has 0 bridgehead atoms. The monoisotopic (exact) mass is 1130 g/mol. The molecule has 2 fully saturated rings. The molecule has 7 aromatic rings. The third-order valence-corrected chi connectivity index (χ3v) is 15.3. The maximum atomic E-state index is 16.9. The van der Waals surface area contributed by atoms with E-state index < -0.39 is 41.2 Å². The van der Waals surface area contributed by atoms with E-state index in [1.165, 1.54) is 11.0 Å². The highest BCUT2D eigenvalue weighted by molar-refractivity contribution is 7.13. The number of carbonyl (C=O) groups excluding carboxylic acids is 3. The van der Waals surface area contributed by atoms with Gasteiger partial charge in [0.1, 0.15) is 48.1 Å². The van der Waals surface area contributed by atoms with Gasteiger partial charge in [0.15, 0.2) is 5.82 Å². The number of aliphatic hydroxyl groups excluding tert-OH is 1. The minimum atomic E-state index is -0.994. The number of carbonyl (C=O) groups is 3. The number of fused-ring (bicyclic) bond motifs is 2. The van der Waals surface area contributed by atoms with Crippen LogP contribution in [0.2, 0.25) is 5.02 Å². The standard InChI is InChI=1S/C59H67ClFN9O9S/c1-35(37-10-12-38(13-11-37)53-36(2)63-34-80-53)64-56(74)48-30-42(72)32-70(48)57(75)54(59(3,4)5)66-49(73)33-78-25-24-76-22-23-77-26-27-79-43-16-14-40(15-17-43)65-58-67-52-46(55(68-58)69-20-18-62-19-21-69)31-47(60)50(51(52)61)45-29-41(71)28-39-8-6-7-9-44(39)45/h6-17,28-29,31,34-35,42,48,54,62,71-72H,18-27,30,32-33H2,1-5H3,(H,64,74)(H,66,73)(H,65,67,68)/t35-,42+,48-,54+/m0/s1. The van der Waals surface area contributed by atoms with E-state index in [-0.39, 0.29) is 85.7 Å². The zero-order valence-electron chi connectivity index (χ0n) is 45.4. The van der Waals surface area contributed by atoms with Crippen LogP contribution in [0.15, 0.2) is 96.5 Å². The second-order valence-electron chi connectivity index (χ2n) is 20.9. The molecule has 0 spiro atoms. The number of benzene rings is 5. The van der Waals surface area contributed by atoms with Crippen molar-refractivity contribution < 1.29 is 47.9 Å². The summed E-state index contributed by atoms with van der Waals surface area (Å²) in [5.74, 6) is -0.625. The van der Waals surface area contributed by atoms with Crippen LogP contribution in [-0.2, 0) is 28.6 Å². The van der Waals surface area contributed by atoms with Crippen molar-refractivity contribution in [2.24, 2.45) is 5.41 Å². The highest BCUT2D eigenvalue weighted by atomic mass is 35.5. The molecule has 0 radical (unpaired) electrons. The zero-order chi connectivity index (χ0) is 56.5. The topological polar surface area (TPSA) is 222 Å². The summed E-state index contributed by atoms with van der Waals surface area (Å²) in [4.78, 5) is 59.3. The van der Waals surface area contributed by atoms with Gasteiger partial charge in [-0.05, 0) is 89.2 Å². The van der Waals surface area contributed by atoms with Crippen LogP contribution in [0.5, 0.6) is 11.5 Å². The lowest BCUT2D eigenvalue weighted by Crippen LogP contribution is -2.58. The molecule has 80 heavy (non-hydrogen) atoms. The lowest BCUT2D eigenvalue weighted by Gasteiger charge is -2.35. The number of hydrogen-bond donors (Lipinski definition) is 6. The molecule has 4 atom stereocenters. The number of piperazine rings is 1. The molecule has 2 aliphatic heterocycles. The molecule has 3 amide bonds. The molecule has 5 aromatic carbocycles. The quantitative estimate of drug-likeness (QED) is 0.0351. The van der Waals surface area contributed by atoms with Crippen LogP contribution in [0, 0.1) is 18.2 Å². The molecule has 18 nitrogen and oxygen atoms in total. The lowest BCUT2D eigenvalue weighted by molar-refractivity contribution is -0.144. The average molecular weight is 1130 g/mol. The summed E-state index contributed by atoms with van der Waals surface area (Å²) in [6.45, 7) is 13.2. The van der Waals surface area contributed by atoms with Crippen molar-refractivity contribution in [2.75, 3.05) is 89.2 Å². The third-order valence-electron chi connectivity index (χ3n) is 14.0. The third kappa shape index (κ3) is 13.9. The predicted molar refractivity (Wildman–Crippen MR) is 308 cm³/mol. The first-order valence-corrected chi connectivity index (χ1v) is 28.0. The van der Waals surface area contributed by atoms with Gasteiger partial charge in [-0.2, -0.15) is 4.98 Å². The number of halogens is 2. The highest BCUT2D eigenvalue weighted by Crippen LogP contribution is 2.43. The SMILES string of the molecule is Cc1ncsc1-c1ccc([C@H](C)NC(=O)[C@@H]2C[C@@H](O)CN2C(=O)[C@@H](NC(=O)COCCOCCOCCOc2ccc(Nc3nc(N4CCNCC4)c4cc(Cl)c(-c5cc(O)cc6ccccc56)c(F)c4n3)cc2)C(C)(C)C)cc1. The van der Waals surface area contributed by atoms with Crippen LogP contribution < -0.4 is 30.9 Å². The number of hydrogen-bond acceptors (Lipinski definition) is 16. The Hall–Kier alpha value is -7.04. The Morgan fingerprint density at radius 2 is 1.59 bits per heavy atom. The van der Waals surface area contributed by atoms with Crippen molar-refractivity contribution in [3.63, 3.8) is 0 Å². The number of aliphatic hydroxyl groups is 1. The fraction of sp³-hybridized carbons (Fsp3) is 0.390. The minimum Gasteiger partial charge on any atom is -0.508 e. The number of phenols is 1. The molecule has 21 heteroatoms. The number of aromatic hydroxyl groups is 1. The van der Waals surface area contributed by atoms with E-state index in [0.29, 0.717) is 54.5 Å². The number of nitrogens with one attached hydrogen (secondary N) is 4. The Morgan fingerprint density at radius 1 is 0.887 bits per heavy atom. The Kier molecular flexibility index (Phi) is 18.8. The molecule has 2 aromatic heterocycles. The maximum Gasteiger partial charge on any atom is 0.246 e. The Balaban J connectivity index is 0.693. The van der Waals surface area contributed by atoms with E-state index in [0.717, 1.165) is 45.6 Å². The van der Waals surface area contributed by atoms with Crippen LogP contribution in [-0.4, -0.2) is 145 Å². The maximum absolute atomic E-state index is 16.9. The lowest BCUT2D eigenvalue weighted by atomic mass is 9.85. The van der Waals surface area contributed by atoms with Gasteiger partial charge in [0, 0.05) is 55.8 Å². The zero-order valence-corrected chi connectivity index (χ0v) is 47.0. The molecular formula is C59H67ClFN9O9S. The summed E-state index contributed by atoms with van der Waals surface area (Å²) >= 11 is 8.45. The number of aromatic nitrogens is 3. The van der Waals surface area contributed by atoms with Crippen LogP contribution in [0.4, 0.5) is 21.8 Å². The number of amides is 3. The summed E-state index contributed by atoms with van der Waals surface area (Å²) in [7, 11) is 0. The number of phenolic OH excluding ortho intramolecular Hbond substituents is 1. The van der Waals surface area contributed by atoms with Crippen molar-refractivity contribution in [3.8, 4) is 33.1 Å². The first-order valence-electron chi connectivity index (χ1n) is 26.7. The van der Waals surface area contributed by atoms with Gasteiger partial charge in [-0.15, -0.1) is 11.3 Å². The first-order chi connectivity index (χ1) is 38.5. The van der Waals surface area contributed by atoms with E-state index in [2.05, 4.69) is 36.1 Å². The Bertz CT molecular complexity index is 3300. The smallest absolute Gasteiger partial charge is 0.246 e. The van der Waals surface area contributed by atoms with Crippen LogP contribution >= 0.6 is 22.9 Å².